The lowest BCUT2D eigenvalue weighted by atomic mass is 10.2. The van der Waals surface area contributed by atoms with E-state index in [0.717, 1.165) is 23.5 Å². The molecule has 0 unspecified atom stereocenters. The standard InChI is InChI=1S/C13H15N5O2S2/c1-2-8-5-10-17-14-7-18(10)13(15-8)22-6-11(19)16-9-3-4-21-12(9)20/h5,7,9H,2-4,6H2,1H3,(H,16,19)/t9-/m0/s1. The second kappa shape index (κ2) is 6.66. The fourth-order valence-corrected chi connectivity index (χ4v) is 3.86. The van der Waals surface area contributed by atoms with Crippen LogP contribution < -0.4 is 5.32 Å². The quantitative estimate of drug-likeness (QED) is 0.641. The lowest BCUT2D eigenvalue weighted by Gasteiger charge is -2.10. The summed E-state index contributed by atoms with van der Waals surface area (Å²) in [6, 6.07) is 1.54. The fourth-order valence-electron chi connectivity index (χ4n) is 2.12. The predicted molar refractivity (Wildman–Crippen MR) is 84.9 cm³/mol. The lowest BCUT2D eigenvalue weighted by Crippen LogP contribution is -2.38. The van der Waals surface area contributed by atoms with E-state index in [1.807, 2.05) is 13.0 Å². The Balaban J connectivity index is 1.67. The zero-order chi connectivity index (χ0) is 15.5. The molecule has 1 fully saturated rings. The predicted octanol–water partition coefficient (Wildman–Crippen LogP) is 0.927. The van der Waals surface area contributed by atoms with Gasteiger partial charge >= 0.3 is 0 Å². The Hall–Kier alpha value is -1.61. The summed E-state index contributed by atoms with van der Waals surface area (Å²) in [7, 11) is 0. The first-order valence-electron chi connectivity index (χ1n) is 6.96. The smallest absolute Gasteiger partial charge is 0.231 e. The SMILES string of the molecule is CCc1cc2nncn2c(SCC(=O)N[C@H]2CCSC2=O)n1. The van der Waals surface area contributed by atoms with Gasteiger partial charge < -0.3 is 5.32 Å². The van der Waals surface area contributed by atoms with Gasteiger partial charge in [0.25, 0.3) is 0 Å². The van der Waals surface area contributed by atoms with Crippen molar-refractivity contribution in [2.75, 3.05) is 11.5 Å². The Labute approximate surface area is 135 Å². The minimum atomic E-state index is -0.344. The Morgan fingerprint density at radius 2 is 2.45 bits per heavy atom. The molecule has 0 aliphatic carbocycles. The Kier molecular flexibility index (Phi) is 4.63. The van der Waals surface area contributed by atoms with E-state index in [0.29, 0.717) is 11.6 Å². The molecule has 7 nitrogen and oxygen atoms in total. The highest BCUT2D eigenvalue weighted by molar-refractivity contribution is 8.14. The highest BCUT2D eigenvalue weighted by atomic mass is 32.2. The number of hydrogen-bond donors (Lipinski definition) is 1. The summed E-state index contributed by atoms with van der Waals surface area (Å²) in [5.41, 5.74) is 1.63. The van der Waals surface area contributed by atoms with Gasteiger partial charge in [0.15, 0.2) is 10.8 Å². The molecule has 2 aromatic heterocycles. The van der Waals surface area contributed by atoms with Crippen molar-refractivity contribution in [3.05, 3.63) is 18.1 Å². The molecule has 0 spiro atoms. The molecule has 3 rings (SSSR count). The minimum absolute atomic E-state index is 0.0469. The van der Waals surface area contributed by atoms with Crippen molar-refractivity contribution in [1.29, 1.82) is 0 Å². The molecule has 1 amide bonds. The molecule has 0 saturated carbocycles. The summed E-state index contributed by atoms with van der Waals surface area (Å²) < 4.78 is 1.76. The zero-order valence-electron chi connectivity index (χ0n) is 12.0. The largest absolute Gasteiger partial charge is 0.345 e. The lowest BCUT2D eigenvalue weighted by molar-refractivity contribution is -0.122. The zero-order valence-corrected chi connectivity index (χ0v) is 13.6. The highest BCUT2D eigenvalue weighted by Crippen LogP contribution is 2.21. The molecule has 22 heavy (non-hydrogen) atoms. The normalized spacial score (nSPS) is 18.0. The Morgan fingerprint density at radius 3 is 3.18 bits per heavy atom. The van der Waals surface area contributed by atoms with Crippen molar-refractivity contribution < 1.29 is 9.59 Å². The second-order valence-electron chi connectivity index (χ2n) is 4.81. The number of fused-ring (bicyclic) bond motifs is 1. The maximum absolute atomic E-state index is 12.0. The summed E-state index contributed by atoms with van der Waals surface area (Å²) in [4.78, 5) is 28.0. The third-order valence-corrected chi connectivity index (χ3v) is 5.24. The van der Waals surface area contributed by atoms with Crippen LogP contribution in [-0.4, -0.2) is 48.2 Å². The van der Waals surface area contributed by atoms with Crippen LogP contribution in [0.25, 0.3) is 5.65 Å². The van der Waals surface area contributed by atoms with Crippen LogP contribution in [0, 0.1) is 0 Å². The van der Waals surface area contributed by atoms with Crippen LogP contribution in [0.5, 0.6) is 0 Å². The van der Waals surface area contributed by atoms with E-state index in [4.69, 9.17) is 0 Å². The number of nitrogens with zero attached hydrogens (tertiary/aromatic N) is 4. The van der Waals surface area contributed by atoms with Crippen molar-refractivity contribution in [3.8, 4) is 0 Å². The van der Waals surface area contributed by atoms with Gasteiger partial charge in [-0.1, -0.05) is 30.4 Å². The van der Waals surface area contributed by atoms with Gasteiger partial charge in [-0.3, -0.25) is 14.0 Å². The third kappa shape index (κ3) is 3.25. The molecule has 2 aromatic rings. The molecule has 1 atom stereocenters. The van der Waals surface area contributed by atoms with E-state index in [2.05, 4.69) is 20.5 Å². The van der Waals surface area contributed by atoms with E-state index >= 15 is 0 Å². The van der Waals surface area contributed by atoms with Gasteiger partial charge in [0, 0.05) is 17.5 Å². The van der Waals surface area contributed by atoms with Gasteiger partial charge in [-0.25, -0.2) is 4.98 Å². The number of aromatic nitrogens is 4. The molecule has 1 saturated heterocycles. The first kappa shape index (κ1) is 15.3. The topological polar surface area (TPSA) is 89.3 Å². The molecule has 1 aliphatic rings. The van der Waals surface area contributed by atoms with Crippen LogP contribution in [0.2, 0.25) is 0 Å². The number of carbonyl (C=O) groups is 2. The second-order valence-corrected chi connectivity index (χ2v) is 6.85. The van der Waals surface area contributed by atoms with Crippen molar-refractivity contribution in [3.63, 3.8) is 0 Å². The summed E-state index contributed by atoms with van der Waals surface area (Å²) in [5.74, 6) is 0.830. The summed E-state index contributed by atoms with van der Waals surface area (Å²) in [6.45, 7) is 2.01. The number of hydrogen-bond acceptors (Lipinski definition) is 7. The van der Waals surface area contributed by atoms with Gasteiger partial charge in [-0.2, -0.15) is 0 Å². The number of carbonyl (C=O) groups excluding carboxylic acids is 2. The van der Waals surface area contributed by atoms with Crippen LogP contribution in [0.3, 0.4) is 0 Å². The Bertz CT molecular complexity index is 718. The summed E-state index contributed by atoms with van der Waals surface area (Å²) in [6.07, 6.45) is 3.08. The molecule has 0 bridgehead atoms. The average Bonchev–Trinajstić information content (AvgIpc) is 3.14. The third-order valence-electron chi connectivity index (χ3n) is 3.28. The van der Waals surface area contributed by atoms with Crippen molar-refractivity contribution in [1.82, 2.24) is 24.9 Å². The number of thioether (sulfide) groups is 2. The van der Waals surface area contributed by atoms with Crippen LogP contribution in [-0.2, 0) is 16.0 Å². The van der Waals surface area contributed by atoms with Gasteiger partial charge in [-0.05, 0) is 12.8 Å². The van der Waals surface area contributed by atoms with E-state index in [1.54, 1.807) is 10.7 Å². The maximum Gasteiger partial charge on any atom is 0.231 e. The number of nitrogens with one attached hydrogen (secondary N) is 1. The van der Waals surface area contributed by atoms with Crippen LogP contribution >= 0.6 is 23.5 Å². The Morgan fingerprint density at radius 1 is 1.59 bits per heavy atom. The molecular formula is C13H15N5O2S2. The monoisotopic (exact) mass is 337 g/mol. The first-order valence-corrected chi connectivity index (χ1v) is 8.93. The fraction of sp³-hybridized carbons (Fsp3) is 0.462. The van der Waals surface area contributed by atoms with Gasteiger partial charge in [0.2, 0.25) is 11.0 Å². The highest BCUT2D eigenvalue weighted by Gasteiger charge is 2.26. The molecule has 1 N–H and O–H groups in total. The van der Waals surface area contributed by atoms with Crippen LogP contribution in [0.4, 0.5) is 0 Å². The van der Waals surface area contributed by atoms with Crippen molar-refractivity contribution in [2.24, 2.45) is 0 Å². The molecule has 0 radical (unpaired) electrons. The van der Waals surface area contributed by atoms with Gasteiger partial charge in [0.1, 0.15) is 6.33 Å². The molecular weight excluding hydrogens is 322 g/mol. The molecule has 0 aromatic carbocycles. The molecule has 1 aliphatic heterocycles. The van der Waals surface area contributed by atoms with E-state index < -0.39 is 0 Å². The van der Waals surface area contributed by atoms with Crippen LogP contribution in [0.1, 0.15) is 19.0 Å². The number of aryl methyl sites for hydroxylation is 1. The van der Waals surface area contributed by atoms with Crippen LogP contribution in [0.15, 0.2) is 17.6 Å². The molecule has 9 heteroatoms. The maximum atomic E-state index is 12.0. The average molecular weight is 337 g/mol. The number of amides is 1. The van der Waals surface area contributed by atoms with E-state index in [-0.39, 0.29) is 22.8 Å². The minimum Gasteiger partial charge on any atom is -0.345 e. The summed E-state index contributed by atoms with van der Waals surface area (Å²) in [5, 5.41) is 11.4. The first-order chi connectivity index (χ1) is 10.7. The van der Waals surface area contributed by atoms with Gasteiger partial charge in [-0.15, -0.1) is 10.2 Å². The molecule has 116 valence electrons. The molecule has 3 heterocycles. The van der Waals surface area contributed by atoms with Gasteiger partial charge in [0.05, 0.1) is 11.8 Å². The summed E-state index contributed by atoms with van der Waals surface area (Å²) >= 11 is 2.59. The van der Waals surface area contributed by atoms with E-state index in [9.17, 15) is 9.59 Å². The van der Waals surface area contributed by atoms with Crippen molar-refractivity contribution in [2.45, 2.75) is 31.0 Å². The number of rotatable bonds is 5. The van der Waals surface area contributed by atoms with E-state index in [1.165, 1.54) is 23.5 Å². The van der Waals surface area contributed by atoms with Crippen molar-refractivity contribution >= 4 is 40.2 Å².